The lowest BCUT2D eigenvalue weighted by atomic mass is 10.1. The minimum absolute atomic E-state index is 0.0298. The molecular weight excluding hydrogens is 308 g/mol. The molecule has 22 heavy (non-hydrogen) atoms. The van der Waals surface area contributed by atoms with Gasteiger partial charge in [0.15, 0.2) is 5.82 Å². The largest absolute Gasteiger partial charge is 0.362 e. The Kier molecular flexibility index (Phi) is 3.98. The number of aromatic nitrogens is 1. The van der Waals surface area contributed by atoms with Crippen molar-refractivity contribution in [2.24, 2.45) is 0 Å². The molecule has 0 fully saturated rings. The highest BCUT2D eigenvalue weighted by atomic mass is 35.5. The number of pyridine rings is 1. The summed E-state index contributed by atoms with van der Waals surface area (Å²) in [6, 6.07) is 5.84. The van der Waals surface area contributed by atoms with Gasteiger partial charge in [-0.2, -0.15) is 0 Å². The van der Waals surface area contributed by atoms with E-state index in [1.165, 1.54) is 18.2 Å². The summed E-state index contributed by atoms with van der Waals surface area (Å²) in [6.45, 7) is 1.29. The summed E-state index contributed by atoms with van der Waals surface area (Å²) in [6.07, 6.45) is 5.44. The fourth-order valence-corrected chi connectivity index (χ4v) is 2.55. The molecule has 2 aromatic rings. The summed E-state index contributed by atoms with van der Waals surface area (Å²) in [7, 11) is 1.96. The second kappa shape index (κ2) is 5.93. The van der Waals surface area contributed by atoms with Crippen molar-refractivity contribution >= 4 is 11.6 Å². The van der Waals surface area contributed by atoms with E-state index >= 15 is 0 Å². The van der Waals surface area contributed by atoms with Crippen molar-refractivity contribution in [3.05, 3.63) is 65.1 Å². The molecule has 3 nitrogen and oxygen atoms in total. The zero-order valence-electron chi connectivity index (χ0n) is 11.9. The Labute approximate surface area is 132 Å². The average molecular weight is 322 g/mol. The van der Waals surface area contributed by atoms with E-state index < -0.39 is 11.6 Å². The number of rotatable bonds is 3. The molecule has 0 radical (unpaired) electrons. The van der Waals surface area contributed by atoms with E-state index in [1.807, 2.05) is 29.2 Å². The highest BCUT2D eigenvalue weighted by Gasteiger charge is 2.16. The van der Waals surface area contributed by atoms with Gasteiger partial charge in [0.1, 0.15) is 11.5 Å². The molecule has 1 aliphatic rings. The molecule has 0 saturated carbocycles. The van der Waals surface area contributed by atoms with E-state index in [9.17, 15) is 8.78 Å². The molecule has 0 bridgehead atoms. The molecule has 114 valence electrons. The molecule has 3 rings (SSSR count). The molecule has 0 unspecified atom stereocenters. The highest BCUT2D eigenvalue weighted by Crippen LogP contribution is 2.28. The summed E-state index contributed by atoms with van der Waals surface area (Å²) in [5, 5.41) is -0.0481. The fourth-order valence-electron chi connectivity index (χ4n) is 2.37. The van der Waals surface area contributed by atoms with Gasteiger partial charge < -0.3 is 9.80 Å². The van der Waals surface area contributed by atoms with Crippen LogP contribution in [0, 0.1) is 11.6 Å². The van der Waals surface area contributed by atoms with E-state index in [0.29, 0.717) is 6.54 Å². The van der Waals surface area contributed by atoms with Gasteiger partial charge in [-0.05, 0) is 23.8 Å². The molecular formula is C16H14ClF2N3. The van der Waals surface area contributed by atoms with Crippen LogP contribution in [0.1, 0.15) is 5.56 Å². The number of hydrogen-bond acceptors (Lipinski definition) is 3. The van der Waals surface area contributed by atoms with Gasteiger partial charge in [0, 0.05) is 37.8 Å². The summed E-state index contributed by atoms with van der Waals surface area (Å²) >= 11 is 5.73. The Morgan fingerprint density at radius 2 is 2.09 bits per heavy atom. The van der Waals surface area contributed by atoms with Gasteiger partial charge in [0.05, 0.1) is 11.7 Å². The Morgan fingerprint density at radius 3 is 2.77 bits per heavy atom. The minimum Gasteiger partial charge on any atom is -0.362 e. The van der Waals surface area contributed by atoms with Crippen molar-refractivity contribution in [2.75, 3.05) is 13.7 Å². The van der Waals surface area contributed by atoms with Gasteiger partial charge in [-0.3, -0.25) is 4.98 Å². The summed E-state index contributed by atoms with van der Waals surface area (Å²) < 4.78 is 28.3. The van der Waals surface area contributed by atoms with Crippen LogP contribution < -0.4 is 0 Å². The first-order valence-electron chi connectivity index (χ1n) is 6.76. The van der Waals surface area contributed by atoms with E-state index in [2.05, 4.69) is 4.98 Å². The van der Waals surface area contributed by atoms with Crippen LogP contribution in [0.25, 0.3) is 11.3 Å². The maximum atomic E-state index is 14.3. The third-order valence-electron chi connectivity index (χ3n) is 3.43. The van der Waals surface area contributed by atoms with Crippen molar-refractivity contribution in [3.8, 4) is 11.3 Å². The summed E-state index contributed by atoms with van der Waals surface area (Å²) in [5.74, 6) is -1.22. The number of halogens is 3. The van der Waals surface area contributed by atoms with Gasteiger partial charge in [0.25, 0.3) is 0 Å². The first kappa shape index (κ1) is 14.8. The number of benzene rings is 1. The predicted octanol–water partition coefficient (Wildman–Crippen LogP) is 3.86. The summed E-state index contributed by atoms with van der Waals surface area (Å²) in [5.41, 5.74) is 0.763. The Bertz CT molecular complexity index is 733. The third-order valence-corrected chi connectivity index (χ3v) is 3.72. The lowest BCUT2D eigenvalue weighted by Crippen LogP contribution is -2.22. The lowest BCUT2D eigenvalue weighted by molar-refractivity contribution is 0.290. The second-order valence-electron chi connectivity index (χ2n) is 5.22. The molecule has 0 aliphatic carbocycles. The van der Waals surface area contributed by atoms with Crippen LogP contribution >= 0.6 is 11.6 Å². The predicted molar refractivity (Wildman–Crippen MR) is 81.9 cm³/mol. The van der Waals surface area contributed by atoms with E-state index in [4.69, 9.17) is 11.6 Å². The first-order chi connectivity index (χ1) is 10.5. The van der Waals surface area contributed by atoms with Crippen molar-refractivity contribution in [1.29, 1.82) is 0 Å². The van der Waals surface area contributed by atoms with Crippen LogP contribution in [0.4, 0.5) is 8.78 Å². The molecule has 0 N–H and O–H groups in total. The van der Waals surface area contributed by atoms with Crippen molar-refractivity contribution in [1.82, 2.24) is 14.8 Å². The van der Waals surface area contributed by atoms with Crippen LogP contribution in [0.15, 0.2) is 42.9 Å². The third kappa shape index (κ3) is 2.90. The molecule has 1 aromatic heterocycles. The summed E-state index contributed by atoms with van der Waals surface area (Å²) in [4.78, 5) is 8.11. The second-order valence-corrected chi connectivity index (χ2v) is 5.63. The van der Waals surface area contributed by atoms with E-state index in [0.717, 1.165) is 12.2 Å². The zero-order chi connectivity index (χ0) is 15.7. The van der Waals surface area contributed by atoms with Gasteiger partial charge in [-0.25, -0.2) is 8.78 Å². The fraction of sp³-hybridized carbons (Fsp3) is 0.188. The van der Waals surface area contributed by atoms with Crippen molar-refractivity contribution < 1.29 is 8.78 Å². The number of hydrogen-bond donors (Lipinski definition) is 0. The molecule has 0 saturated heterocycles. The minimum atomic E-state index is -0.660. The van der Waals surface area contributed by atoms with E-state index in [1.54, 1.807) is 12.3 Å². The van der Waals surface area contributed by atoms with Gasteiger partial charge in [-0.15, -0.1) is 0 Å². The quantitative estimate of drug-likeness (QED) is 0.856. The smallest absolute Gasteiger partial charge is 0.151 e. The highest BCUT2D eigenvalue weighted by molar-refractivity contribution is 6.31. The normalized spacial score (nSPS) is 14.0. The van der Waals surface area contributed by atoms with Crippen LogP contribution in [0.3, 0.4) is 0 Å². The lowest BCUT2D eigenvalue weighted by Gasteiger charge is -2.18. The molecule has 2 heterocycles. The Balaban J connectivity index is 1.86. The molecule has 0 spiro atoms. The van der Waals surface area contributed by atoms with Crippen LogP contribution in [0.5, 0.6) is 0 Å². The van der Waals surface area contributed by atoms with Gasteiger partial charge >= 0.3 is 0 Å². The average Bonchev–Trinajstić information content (AvgIpc) is 2.88. The van der Waals surface area contributed by atoms with Crippen LogP contribution in [-0.4, -0.2) is 28.5 Å². The Morgan fingerprint density at radius 1 is 1.27 bits per heavy atom. The first-order valence-corrected chi connectivity index (χ1v) is 7.14. The van der Waals surface area contributed by atoms with Crippen LogP contribution in [0.2, 0.25) is 5.02 Å². The maximum absolute atomic E-state index is 14.3. The van der Waals surface area contributed by atoms with E-state index in [-0.39, 0.29) is 16.3 Å². The molecule has 0 amide bonds. The molecule has 1 aliphatic heterocycles. The molecule has 0 atom stereocenters. The Hall–Kier alpha value is -2.14. The maximum Gasteiger partial charge on any atom is 0.151 e. The standard InChI is InChI=1S/C16H14ClF2N3/c1-21-5-6-22(10-21)9-11-7-14(18)16(20-8-11)12-3-2-4-13(17)15(12)19/h2-8H,9-10H2,1H3. The van der Waals surface area contributed by atoms with Crippen LogP contribution in [-0.2, 0) is 6.54 Å². The zero-order valence-corrected chi connectivity index (χ0v) is 12.7. The SMILES string of the molecule is CN1C=CN(Cc2cnc(-c3cccc(Cl)c3F)c(F)c2)C1. The van der Waals surface area contributed by atoms with Crippen molar-refractivity contribution in [3.63, 3.8) is 0 Å². The molecule has 6 heteroatoms. The van der Waals surface area contributed by atoms with Gasteiger partial charge in [-0.1, -0.05) is 17.7 Å². The number of nitrogens with zero attached hydrogens (tertiary/aromatic N) is 3. The molecule has 1 aromatic carbocycles. The monoisotopic (exact) mass is 321 g/mol. The van der Waals surface area contributed by atoms with Crippen molar-refractivity contribution in [2.45, 2.75) is 6.54 Å². The van der Waals surface area contributed by atoms with Gasteiger partial charge in [0.2, 0.25) is 0 Å². The topological polar surface area (TPSA) is 19.4 Å².